The molecule has 1 aromatic heterocycles. The van der Waals surface area contributed by atoms with E-state index in [1.54, 1.807) is 23.0 Å². The molecule has 8 nitrogen and oxygen atoms in total. The summed E-state index contributed by atoms with van der Waals surface area (Å²) in [4.78, 5) is 12.2. The molecule has 30 heavy (non-hydrogen) atoms. The number of hydrogen-bond acceptors (Lipinski definition) is 6. The molecular formula is C21H23N5O3S. The van der Waals surface area contributed by atoms with E-state index in [0.717, 1.165) is 22.6 Å². The molecule has 0 saturated carbocycles. The van der Waals surface area contributed by atoms with Crippen molar-refractivity contribution in [1.29, 1.82) is 0 Å². The topological polar surface area (TPSA) is 93.5 Å². The van der Waals surface area contributed by atoms with E-state index in [2.05, 4.69) is 20.6 Å². The number of anilines is 1. The van der Waals surface area contributed by atoms with Crippen molar-refractivity contribution in [3.05, 3.63) is 64.2 Å². The number of carbonyl (C=O) groups is 1. The molecule has 0 radical (unpaired) electrons. The molecule has 0 atom stereocenters. The number of rotatable bonds is 8. The van der Waals surface area contributed by atoms with Gasteiger partial charge in [-0.1, -0.05) is 19.1 Å². The van der Waals surface area contributed by atoms with Gasteiger partial charge in [0.1, 0.15) is 0 Å². The zero-order valence-corrected chi connectivity index (χ0v) is 17.8. The minimum absolute atomic E-state index is 0.137. The molecule has 2 aromatic carbocycles. The molecule has 0 bridgehead atoms. The highest BCUT2D eigenvalue weighted by Gasteiger charge is 2.09. The summed E-state index contributed by atoms with van der Waals surface area (Å²) in [7, 11) is 1.54. The van der Waals surface area contributed by atoms with Gasteiger partial charge in [-0.3, -0.25) is 9.89 Å². The van der Waals surface area contributed by atoms with Crippen LogP contribution in [0.2, 0.25) is 0 Å². The van der Waals surface area contributed by atoms with Crippen LogP contribution in [0, 0.1) is 11.7 Å². The van der Waals surface area contributed by atoms with Gasteiger partial charge in [0.25, 0.3) is 5.91 Å². The normalized spacial score (nSPS) is 10.9. The van der Waals surface area contributed by atoms with Crippen molar-refractivity contribution >= 4 is 30.0 Å². The second-order valence-corrected chi connectivity index (χ2v) is 6.86. The summed E-state index contributed by atoms with van der Waals surface area (Å²) in [5.74, 6) is 1.44. The molecule has 0 aliphatic heterocycles. The van der Waals surface area contributed by atoms with Gasteiger partial charge in [-0.05, 0) is 60.6 Å². The Kier molecular flexibility index (Phi) is 6.97. The van der Waals surface area contributed by atoms with Crippen molar-refractivity contribution in [3.63, 3.8) is 0 Å². The third-order valence-electron chi connectivity index (χ3n) is 4.20. The van der Waals surface area contributed by atoms with E-state index in [-0.39, 0.29) is 12.5 Å². The van der Waals surface area contributed by atoms with Gasteiger partial charge < -0.3 is 14.8 Å². The molecule has 0 fully saturated rings. The predicted molar refractivity (Wildman–Crippen MR) is 118 cm³/mol. The number of H-pyrrole nitrogens is 1. The summed E-state index contributed by atoms with van der Waals surface area (Å²) in [6.07, 6.45) is 2.35. The molecule has 0 aliphatic carbocycles. The summed E-state index contributed by atoms with van der Waals surface area (Å²) in [5, 5.41) is 14.0. The SMILES string of the molecule is CCc1n[nH]c(=S)n1/N=C/c1ccc(OCC(=O)Nc2cccc(C)c2)c(OC)c1. The van der Waals surface area contributed by atoms with Crippen molar-refractivity contribution < 1.29 is 14.3 Å². The number of methoxy groups -OCH3 is 1. The number of amides is 1. The first kappa shape index (κ1) is 21.3. The minimum atomic E-state index is -0.255. The standard InChI is InChI=1S/C21H23N5O3S/c1-4-19-24-25-21(30)26(19)22-12-15-8-9-17(18(11-15)28-3)29-13-20(27)23-16-7-5-6-14(2)10-16/h5-12H,4,13H2,1-3H3,(H,23,27)(H,25,30)/b22-12+. The Balaban J connectivity index is 1.66. The van der Waals surface area contributed by atoms with Gasteiger partial charge in [0.15, 0.2) is 23.9 Å². The van der Waals surface area contributed by atoms with Gasteiger partial charge in [-0.2, -0.15) is 14.9 Å². The number of ether oxygens (including phenoxy) is 2. The van der Waals surface area contributed by atoms with Crippen molar-refractivity contribution in [2.24, 2.45) is 5.10 Å². The number of carbonyl (C=O) groups excluding carboxylic acids is 1. The fourth-order valence-electron chi connectivity index (χ4n) is 2.74. The number of aryl methyl sites for hydroxylation is 2. The molecule has 3 aromatic rings. The van der Waals surface area contributed by atoms with Crippen LogP contribution in [0.3, 0.4) is 0 Å². The van der Waals surface area contributed by atoms with Gasteiger partial charge >= 0.3 is 0 Å². The van der Waals surface area contributed by atoms with Crippen molar-refractivity contribution in [2.75, 3.05) is 19.0 Å². The Morgan fingerprint density at radius 1 is 1.30 bits per heavy atom. The van der Waals surface area contributed by atoms with Crippen LogP contribution in [0.4, 0.5) is 5.69 Å². The Bertz CT molecular complexity index is 1120. The highest BCUT2D eigenvalue weighted by Crippen LogP contribution is 2.27. The van der Waals surface area contributed by atoms with E-state index >= 15 is 0 Å². The lowest BCUT2D eigenvalue weighted by Crippen LogP contribution is -2.20. The van der Waals surface area contributed by atoms with Gasteiger partial charge in [-0.25, -0.2) is 0 Å². The number of nitrogens with one attached hydrogen (secondary N) is 2. The highest BCUT2D eigenvalue weighted by molar-refractivity contribution is 7.71. The van der Waals surface area contributed by atoms with E-state index in [9.17, 15) is 4.79 Å². The Labute approximate surface area is 179 Å². The van der Waals surface area contributed by atoms with Crippen LogP contribution in [0.5, 0.6) is 11.5 Å². The van der Waals surface area contributed by atoms with Gasteiger partial charge in [0.2, 0.25) is 4.77 Å². The first-order chi connectivity index (χ1) is 14.5. The van der Waals surface area contributed by atoms with Crippen LogP contribution in [0.1, 0.15) is 23.9 Å². The third-order valence-corrected chi connectivity index (χ3v) is 4.47. The maximum Gasteiger partial charge on any atom is 0.262 e. The summed E-state index contributed by atoms with van der Waals surface area (Å²) in [5.41, 5.74) is 2.58. The second-order valence-electron chi connectivity index (χ2n) is 6.47. The van der Waals surface area contributed by atoms with E-state index in [1.165, 1.54) is 7.11 Å². The average molecular weight is 426 g/mol. The molecule has 3 rings (SSSR count). The zero-order valence-electron chi connectivity index (χ0n) is 17.0. The van der Waals surface area contributed by atoms with Crippen LogP contribution in [0.15, 0.2) is 47.6 Å². The lowest BCUT2D eigenvalue weighted by Gasteiger charge is -2.11. The summed E-state index contributed by atoms with van der Waals surface area (Å²) >= 11 is 5.19. The quantitative estimate of drug-likeness (QED) is 0.424. The molecule has 9 heteroatoms. The fourth-order valence-corrected chi connectivity index (χ4v) is 2.94. The highest BCUT2D eigenvalue weighted by atomic mass is 32.1. The Hall–Kier alpha value is -3.46. The van der Waals surface area contributed by atoms with Crippen LogP contribution in [-0.2, 0) is 11.2 Å². The van der Waals surface area contributed by atoms with E-state index in [4.69, 9.17) is 21.7 Å². The number of aromatic amines is 1. The van der Waals surface area contributed by atoms with E-state index in [0.29, 0.717) is 22.7 Å². The molecule has 156 valence electrons. The van der Waals surface area contributed by atoms with E-state index < -0.39 is 0 Å². The molecule has 1 heterocycles. The van der Waals surface area contributed by atoms with Crippen LogP contribution < -0.4 is 14.8 Å². The molecule has 0 unspecified atom stereocenters. The number of benzene rings is 2. The molecule has 0 spiro atoms. The maximum absolute atomic E-state index is 12.2. The van der Waals surface area contributed by atoms with Crippen LogP contribution in [0.25, 0.3) is 0 Å². The summed E-state index contributed by atoms with van der Waals surface area (Å²) in [6.45, 7) is 3.80. The first-order valence-corrected chi connectivity index (χ1v) is 9.79. The van der Waals surface area contributed by atoms with Crippen molar-refractivity contribution in [3.8, 4) is 11.5 Å². The minimum Gasteiger partial charge on any atom is -0.493 e. The first-order valence-electron chi connectivity index (χ1n) is 9.38. The molecular weight excluding hydrogens is 402 g/mol. The fraction of sp³-hybridized carbons (Fsp3) is 0.238. The van der Waals surface area contributed by atoms with Crippen molar-refractivity contribution in [2.45, 2.75) is 20.3 Å². The van der Waals surface area contributed by atoms with E-state index in [1.807, 2.05) is 44.2 Å². The number of nitrogens with zero attached hydrogens (tertiary/aromatic N) is 3. The van der Waals surface area contributed by atoms with Gasteiger partial charge in [0.05, 0.1) is 13.3 Å². The smallest absolute Gasteiger partial charge is 0.262 e. The van der Waals surface area contributed by atoms with Crippen LogP contribution in [-0.4, -0.2) is 40.7 Å². The largest absolute Gasteiger partial charge is 0.493 e. The number of hydrogen-bond donors (Lipinski definition) is 2. The Morgan fingerprint density at radius 3 is 2.87 bits per heavy atom. The lowest BCUT2D eigenvalue weighted by molar-refractivity contribution is -0.118. The molecule has 1 amide bonds. The third kappa shape index (κ3) is 5.32. The summed E-state index contributed by atoms with van der Waals surface area (Å²) < 4.78 is 13.0. The van der Waals surface area contributed by atoms with Gasteiger partial charge in [0, 0.05) is 12.1 Å². The van der Waals surface area contributed by atoms with Crippen LogP contribution >= 0.6 is 12.2 Å². The lowest BCUT2D eigenvalue weighted by atomic mass is 10.2. The molecule has 2 N–H and O–H groups in total. The zero-order chi connectivity index (χ0) is 21.5. The Morgan fingerprint density at radius 2 is 2.13 bits per heavy atom. The monoisotopic (exact) mass is 425 g/mol. The number of aromatic nitrogens is 3. The molecule has 0 aliphatic rings. The van der Waals surface area contributed by atoms with Gasteiger partial charge in [-0.15, -0.1) is 0 Å². The summed E-state index contributed by atoms with van der Waals surface area (Å²) in [6, 6.07) is 12.9. The molecule has 0 saturated heterocycles. The predicted octanol–water partition coefficient (Wildman–Crippen LogP) is 3.72. The second kappa shape index (κ2) is 9.84. The van der Waals surface area contributed by atoms with Crippen molar-refractivity contribution in [1.82, 2.24) is 14.9 Å². The average Bonchev–Trinajstić information content (AvgIpc) is 3.10. The maximum atomic E-state index is 12.2.